The Bertz CT molecular complexity index is 585. The van der Waals surface area contributed by atoms with Crippen molar-refractivity contribution in [2.45, 2.75) is 12.8 Å². The van der Waals surface area contributed by atoms with E-state index in [-0.39, 0.29) is 23.6 Å². The van der Waals surface area contributed by atoms with Crippen molar-refractivity contribution in [3.8, 4) is 5.69 Å². The third-order valence-corrected chi connectivity index (χ3v) is 2.61. The normalized spacial score (nSPS) is 10.6. The van der Waals surface area contributed by atoms with Gasteiger partial charge in [-0.1, -0.05) is 22.9 Å². The second-order valence-corrected chi connectivity index (χ2v) is 4.03. The molecule has 94 valence electrons. The van der Waals surface area contributed by atoms with E-state index in [0.29, 0.717) is 5.69 Å². The third-order valence-electron chi connectivity index (χ3n) is 2.31. The van der Waals surface area contributed by atoms with Crippen molar-refractivity contribution in [1.82, 2.24) is 15.0 Å². The van der Waals surface area contributed by atoms with Gasteiger partial charge in [0.15, 0.2) is 5.82 Å². The predicted molar refractivity (Wildman–Crippen MR) is 62.3 cm³/mol. The van der Waals surface area contributed by atoms with Gasteiger partial charge in [-0.2, -0.15) is 0 Å². The molecule has 1 aromatic carbocycles. The molecule has 0 amide bonds. The summed E-state index contributed by atoms with van der Waals surface area (Å²) in [5.41, 5.74) is 0.661. The molecule has 0 aliphatic heterocycles. The molecule has 0 spiro atoms. The number of halogens is 2. The number of aromatic nitrogens is 3. The van der Waals surface area contributed by atoms with Crippen LogP contribution in [-0.2, 0) is 11.2 Å². The van der Waals surface area contributed by atoms with Gasteiger partial charge in [0.05, 0.1) is 23.3 Å². The molecule has 1 aromatic heterocycles. The predicted octanol–water partition coefficient (Wildman–Crippen LogP) is 2.08. The van der Waals surface area contributed by atoms with Gasteiger partial charge in [-0.05, 0) is 12.1 Å². The fraction of sp³-hybridized carbons (Fsp3) is 0.182. The van der Waals surface area contributed by atoms with Crippen LogP contribution in [0.2, 0.25) is 5.02 Å². The van der Waals surface area contributed by atoms with E-state index >= 15 is 0 Å². The van der Waals surface area contributed by atoms with Crippen molar-refractivity contribution in [2.24, 2.45) is 0 Å². The fourth-order valence-electron chi connectivity index (χ4n) is 1.44. The Labute approximate surface area is 107 Å². The molecular formula is C11H9ClFN3O2. The molecule has 1 N–H and O–H groups in total. The van der Waals surface area contributed by atoms with Crippen LogP contribution in [0, 0.1) is 5.82 Å². The summed E-state index contributed by atoms with van der Waals surface area (Å²) in [6.07, 6.45) is 1.69. The molecule has 0 saturated heterocycles. The molecule has 5 nitrogen and oxygen atoms in total. The van der Waals surface area contributed by atoms with Crippen LogP contribution in [0.1, 0.15) is 12.1 Å². The van der Waals surface area contributed by atoms with Gasteiger partial charge in [0.25, 0.3) is 0 Å². The van der Waals surface area contributed by atoms with Gasteiger partial charge in [-0.15, -0.1) is 5.10 Å². The lowest BCUT2D eigenvalue weighted by Crippen LogP contribution is -1.99. The fourth-order valence-corrected chi connectivity index (χ4v) is 1.60. The van der Waals surface area contributed by atoms with Gasteiger partial charge < -0.3 is 5.11 Å². The number of hydrogen-bond donors (Lipinski definition) is 1. The Morgan fingerprint density at radius 2 is 2.28 bits per heavy atom. The Hall–Kier alpha value is -1.95. The largest absolute Gasteiger partial charge is 0.481 e. The maximum absolute atomic E-state index is 13.7. The monoisotopic (exact) mass is 269 g/mol. The molecule has 0 unspecified atom stereocenters. The summed E-state index contributed by atoms with van der Waals surface area (Å²) >= 11 is 5.66. The van der Waals surface area contributed by atoms with E-state index in [2.05, 4.69) is 10.3 Å². The highest BCUT2D eigenvalue weighted by molar-refractivity contribution is 6.30. The molecule has 0 aliphatic rings. The summed E-state index contributed by atoms with van der Waals surface area (Å²) in [7, 11) is 0. The first-order valence-electron chi connectivity index (χ1n) is 5.15. The molecule has 0 aliphatic carbocycles. The lowest BCUT2D eigenvalue weighted by atomic mass is 10.2. The van der Waals surface area contributed by atoms with Crippen LogP contribution in [0.5, 0.6) is 0 Å². The van der Waals surface area contributed by atoms with Crippen LogP contribution in [0.3, 0.4) is 0 Å². The smallest absolute Gasteiger partial charge is 0.303 e. The van der Waals surface area contributed by atoms with Gasteiger partial charge in [-0.3, -0.25) is 4.79 Å². The van der Waals surface area contributed by atoms with Crippen molar-refractivity contribution in [1.29, 1.82) is 0 Å². The highest BCUT2D eigenvalue weighted by Crippen LogP contribution is 2.20. The minimum absolute atomic E-state index is 0.00455. The van der Waals surface area contributed by atoms with Gasteiger partial charge in [0, 0.05) is 6.42 Å². The molecule has 1 heterocycles. The summed E-state index contributed by atoms with van der Waals surface area (Å²) in [5.74, 6) is -1.51. The van der Waals surface area contributed by atoms with Crippen molar-refractivity contribution in [3.05, 3.63) is 40.9 Å². The van der Waals surface area contributed by atoms with Gasteiger partial charge in [0.2, 0.25) is 0 Å². The molecule has 18 heavy (non-hydrogen) atoms. The highest BCUT2D eigenvalue weighted by atomic mass is 35.5. The van der Waals surface area contributed by atoms with Gasteiger partial charge in [-0.25, -0.2) is 9.07 Å². The van der Waals surface area contributed by atoms with Crippen LogP contribution < -0.4 is 0 Å². The first kappa shape index (κ1) is 12.5. The van der Waals surface area contributed by atoms with Crippen molar-refractivity contribution < 1.29 is 14.3 Å². The summed E-state index contributed by atoms with van der Waals surface area (Å²) in [6.45, 7) is 0. The van der Waals surface area contributed by atoms with E-state index < -0.39 is 11.8 Å². The standard InChI is InChI=1S/C11H9ClFN3O2/c12-8-2-1-3-9(11(8)13)16-6-7(14-15-16)4-5-10(17)18/h1-3,6H,4-5H2,(H,17,18). The van der Waals surface area contributed by atoms with Crippen LogP contribution in [0.15, 0.2) is 24.4 Å². The lowest BCUT2D eigenvalue weighted by molar-refractivity contribution is -0.136. The molecular weight excluding hydrogens is 261 g/mol. The topological polar surface area (TPSA) is 68.0 Å². The number of carboxylic acids is 1. The van der Waals surface area contributed by atoms with Crippen LogP contribution >= 0.6 is 11.6 Å². The van der Waals surface area contributed by atoms with Crippen LogP contribution in [0.25, 0.3) is 5.69 Å². The molecule has 2 rings (SSSR count). The number of aliphatic carboxylic acids is 1. The first-order valence-corrected chi connectivity index (χ1v) is 5.53. The molecule has 7 heteroatoms. The number of carbonyl (C=O) groups is 1. The maximum atomic E-state index is 13.7. The Morgan fingerprint density at radius 1 is 1.50 bits per heavy atom. The summed E-state index contributed by atoms with van der Waals surface area (Å²) < 4.78 is 14.9. The van der Waals surface area contributed by atoms with E-state index in [1.165, 1.54) is 23.0 Å². The molecule has 0 saturated carbocycles. The van der Waals surface area contributed by atoms with Crippen molar-refractivity contribution >= 4 is 17.6 Å². The Kier molecular flexibility index (Phi) is 3.57. The molecule has 0 fully saturated rings. The summed E-state index contributed by atoms with van der Waals surface area (Å²) in [4.78, 5) is 10.4. The second-order valence-electron chi connectivity index (χ2n) is 3.62. The number of aryl methyl sites for hydroxylation is 1. The Morgan fingerprint density at radius 3 is 3.00 bits per heavy atom. The number of carboxylic acid groups (broad SMARTS) is 1. The van der Waals surface area contributed by atoms with Crippen LogP contribution in [-0.4, -0.2) is 26.1 Å². The average Bonchev–Trinajstić information content (AvgIpc) is 2.78. The zero-order valence-electron chi connectivity index (χ0n) is 9.18. The number of rotatable bonds is 4. The van der Waals surface area contributed by atoms with Crippen LogP contribution in [0.4, 0.5) is 4.39 Å². The zero-order valence-corrected chi connectivity index (χ0v) is 9.93. The lowest BCUT2D eigenvalue weighted by Gasteiger charge is -2.02. The molecule has 0 atom stereocenters. The van der Waals surface area contributed by atoms with Crippen molar-refractivity contribution in [2.75, 3.05) is 0 Å². The number of nitrogens with zero attached hydrogens (tertiary/aromatic N) is 3. The van der Waals surface area contributed by atoms with E-state index in [0.717, 1.165) is 0 Å². The first-order chi connectivity index (χ1) is 8.58. The van der Waals surface area contributed by atoms with E-state index in [1.807, 2.05) is 0 Å². The second kappa shape index (κ2) is 5.14. The quantitative estimate of drug-likeness (QED) is 0.923. The highest BCUT2D eigenvalue weighted by Gasteiger charge is 2.11. The molecule has 0 radical (unpaired) electrons. The minimum Gasteiger partial charge on any atom is -0.481 e. The van der Waals surface area contributed by atoms with Gasteiger partial charge in [0.1, 0.15) is 5.69 Å². The zero-order chi connectivity index (χ0) is 13.1. The third kappa shape index (κ3) is 2.65. The minimum atomic E-state index is -0.918. The van der Waals surface area contributed by atoms with E-state index in [4.69, 9.17) is 16.7 Å². The van der Waals surface area contributed by atoms with Gasteiger partial charge >= 0.3 is 5.97 Å². The average molecular weight is 270 g/mol. The summed E-state index contributed by atoms with van der Waals surface area (Å²) in [5, 5.41) is 16.1. The maximum Gasteiger partial charge on any atom is 0.303 e. The SMILES string of the molecule is O=C(O)CCc1cn(-c2cccc(Cl)c2F)nn1. The van der Waals surface area contributed by atoms with E-state index in [9.17, 15) is 9.18 Å². The Balaban J connectivity index is 2.24. The summed E-state index contributed by atoms with van der Waals surface area (Å²) in [6, 6.07) is 4.54. The number of hydrogen-bond acceptors (Lipinski definition) is 3. The number of benzene rings is 1. The molecule has 0 bridgehead atoms. The van der Waals surface area contributed by atoms with E-state index in [1.54, 1.807) is 6.07 Å². The van der Waals surface area contributed by atoms with Crippen molar-refractivity contribution in [3.63, 3.8) is 0 Å². The molecule has 2 aromatic rings.